The van der Waals surface area contributed by atoms with E-state index in [1.165, 1.54) is 11.3 Å². The van der Waals surface area contributed by atoms with E-state index in [0.29, 0.717) is 13.0 Å². The summed E-state index contributed by atoms with van der Waals surface area (Å²) in [5.74, 6) is -0.181. The maximum atomic E-state index is 12.5. The van der Waals surface area contributed by atoms with Crippen LogP contribution in [0.25, 0.3) is 28.2 Å². The van der Waals surface area contributed by atoms with Gasteiger partial charge in [0, 0.05) is 58.6 Å². The van der Waals surface area contributed by atoms with Crippen LogP contribution in [0.1, 0.15) is 30.0 Å². The van der Waals surface area contributed by atoms with Crippen molar-refractivity contribution in [3.63, 3.8) is 0 Å². The van der Waals surface area contributed by atoms with Gasteiger partial charge in [-0.15, -0.1) is 11.3 Å². The molecule has 0 spiro atoms. The average molecular weight is 428 g/mol. The molecule has 1 amide bonds. The van der Waals surface area contributed by atoms with E-state index in [2.05, 4.69) is 21.4 Å². The fraction of sp³-hybridized carbons (Fsp3) is 0.167. The average Bonchev–Trinajstić information content (AvgIpc) is 3.43. The molecule has 0 bridgehead atoms. The summed E-state index contributed by atoms with van der Waals surface area (Å²) >= 11 is 1.51. The van der Waals surface area contributed by atoms with E-state index in [0.717, 1.165) is 32.7 Å². The van der Waals surface area contributed by atoms with Gasteiger partial charge in [-0.25, -0.2) is 4.98 Å². The summed E-state index contributed by atoms with van der Waals surface area (Å²) in [5.41, 5.74) is 3.81. The van der Waals surface area contributed by atoms with E-state index in [-0.39, 0.29) is 11.9 Å². The number of nitrogens with zero attached hydrogens (tertiary/aromatic N) is 4. The lowest BCUT2D eigenvalue weighted by molar-refractivity contribution is -0.117. The summed E-state index contributed by atoms with van der Waals surface area (Å²) in [6.45, 7) is 2.54. The summed E-state index contributed by atoms with van der Waals surface area (Å²) in [6.07, 6.45) is 9.29. The van der Waals surface area contributed by atoms with E-state index in [1.54, 1.807) is 18.5 Å². The normalized spacial score (nSPS) is 12.1. The predicted molar refractivity (Wildman–Crippen MR) is 123 cm³/mol. The van der Waals surface area contributed by atoms with Gasteiger partial charge in [0.1, 0.15) is 5.01 Å². The number of hydrogen-bond donors (Lipinski definition) is 1. The Kier molecular flexibility index (Phi) is 6.20. The van der Waals surface area contributed by atoms with E-state index in [1.807, 2.05) is 65.5 Å². The Morgan fingerprint density at radius 2 is 2.19 bits per heavy atom. The van der Waals surface area contributed by atoms with Crippen molar-refractivity contribution in [3.8, 4) is 17.3 Å². The SMILES string of the molecule is CC(NC(=O)C=Cc1cn(CCC#N)c2ccccc12)c1nc(-c2cccnc2)cs1. The number of benzene rings is 1. The van der Waals surface area contributed by atoms with E-state index < -0.39 is 0 Å². The molecule has 1 aromatic carbocycles. The molecule has 1 atom stereocenters. The first-order valence-electron chi connectivity index (χ1n) is 9.95. The van der Waals surface area contributed by atoms with Crippen molar-refractivity contribution in [3.05, 3.63) is 77.0 Å². The Labute approximate surface area is 184 Å². The lowest BCUT2D eigenvalue weighted by Gasteiger charge is -2.08. The number of aromatic nitrogens is 3. The number of hydrogen-bond acceptors (Lipinski definition) is 5. The summed E-state index contributed by atoms with van der Waals surface area (Å²) in [4.78, 5) is 21.3. The van der Waals surface area contributed by atoms with Gasteiger partial charge in [0.25, 0.3) is 0 Å². The van der Waals surface area contributed by atoms with Crippen molar-refractivity contribution in [2.24, 2.45) is 0 Å². The second-order valence-electron chi connectivity index (χ2n) is 7.08. The first-order chi connectivity index (χ1) is 15.2. The third-order valence-electron chi connectivity index (χ3n) is 4.91. The first kappa shape index (κ1) is 20.5. The van der Waals surface area contributed by atoms with Gasteiger partial charge < -0.3 is 9.88 Å². The molecule has 0 aliphatic carbocycles. The van der Waals surface area contributed by atoms with Crippen LogP contribution < -0.4 is 5.32 Å². The highest BCUT2D eigenvalue weighted by molar-refractivity contribution is 7.10. The van der Waals surface area contributed by atoms with Crippen LogP contribution in [0.2, 0.25) is 0 Å². The summed E-state index contributed by atoms with van der Waals surface area (Å²) in [7, 11) is 0. The van der Waals surface area contributed by atoms with Crippen molar-refractivity contribution < 1.29 is 4.79 Å². The largest absolute Gasteiger partial charge is 0.346 e. The maximum absolute atomic E-state index is 12.5. The van der Waals surface area contributed by atoms with Crippen LogP contribution in [0, 0.1) is 11.3 Å². The Hall–Kier alpha value is -3.76. The van der Waals surface area contributed by atoms with Crippen molar-refractivity contribution >= 4 is 34.2 Å². The standard InChI is InChI=1S/C24H21N5OS/c1-17(24-28-21(16-31-24)18-6-4-12-26-14-18)27-23(30)10-9-19-15-29(13-5-11-25)22-8-3-2-7-20(19)22/h2-4,6-10,12,14-17H,5,13H2,1H3,(H,27,30). The Morgan fingerprint density at radius 1 is 1.32 bits per heavy atom. The Balaban J connectivity index is 1.45. The highest BCUT2D eigenvalue weighted by Gasteiger charge is 2.13. The number of carbonyl (C=O) groups is 1. The zero-order valence-corrected chi connectivity index (χ0v) is 17.8. The van der Waals surface area contributed by atoms with Crippen molar-refractivity contribution in [1.82, 2.24) is 19.9 Å². The molecule has 0 fully saturated rings. The fourth-order valence-corrected chi connectivity index (χ4v) is 4.22. The van der Waals surface area contributed by atoms with Gasteiger partial charge in [-0.1, -0.05) is 18.2 Å². The zero-order valence-electron chi connectivity index (χ0n) is 17.0. The summed E-state index contributed by atoms with van der Waals surface area (Å²) in [6, 6.07) is 13.8. The lowest BCUT2D eigenvalue weighted by atomic mass is 10.1. The monoisotopic (exact) mass is 427 g/mol. The zero-order chi connectivity index (χ0) is 21.6. The molecule has 3 heterocycles. The highest BCUT2D eigenvalue weighted by Crippen LogP contribution is 2.25. The topological polar surface area (TPSA) is 83.6 Å². The molecule has 7 heteroatoms. The van der Waals surface area contributed by atoms with Gasteiger partial charge in [0.15, 0.2) is 0 Å². The molecule has 1 N–H and O–H groups in total. The molecular weight excluding hydrogens is 406 g/mol. The minimum Gasteiger partial charge on any atom is -0.346 e. The van der Waals surface area contributed by atoms with Gasteiger partial charge in [-0.3, -0.25) is 9.78 Å². The van der Waals surface area contributed by atoms with Gasteiger partial charge >= 0.3 is 0 Å². The number of fused-ring (bicyclic) bond motifs is 1. The van der Waals surface area contributed by atoms with Crippen molar-refractivity contribution in [1.29, 1.82) is 5.26 Å². The number of carbonyl (C=O) groups excluding carboxylic acids is 1. The molecule has 154 valence electrons. The number of rotatable bonds is 7. The molecule has 0 saturated heterocycles. The number of nitrogens with one attached hydrogen (secondary N) is 1. The van der Waals surface area contributed by atoms with Gasteiger partial charge in [-0.05, 0) is 31.2 Å². The quantitative estimate of drug-likeness (QED) is 0.422. The smallest absolute Gasteiger partial charge is 0.244 e. The Morgan fingerprint density at radius 3 is 3.00 bits per heavy atom. The molecule has 1 unspecified atom stereocenters. The van der Waals surface area contributed by atoms with Crippen LogP contribution in [0.3, 0.4) is 0 Å². The fourth-order valence-electron chi connectivity index (χ4n) is 3.39. The molecule has 4 rings (SSSR count). The third-order valence-corrected chi connectivity index (χ3v) is 5.93. The van der Waals surface area contributed by atoms with Crippen LogP contribution >= 0.6 is 11.3 Å². The molecule has 0 radical (unpaired) electrons. The summed E-state index contributed by atoms with van der Waals surface area (Å²) < 4.78 is 2.05. The minimum atomic E-state index is -0.204. The number of pyridine rings is 1. The number of para-hydroxylation sites is 1. The number of aryl methyl sites for hydroxylation is 1. The van der Waals surface area contributed by atoms with Crippen LogP contribution in [0.4, 0.5) is 0 Å². The molecule has 3 aromatic heterocycles. The number of amides is 1. The molecular formula is C24H21N5OS. The van der Waals surface area contributed by atoms with Gasteiger partial charge in [0.05, 0.1) is 24.2 Å². The lowest BCUT2D eigenvalue weighted by Crippen LogP contribution is -2.24. The van der Waals surface area contributed by atoms with Crippen LogP contribution in [0.5, 0.6) is 0 Å². The highest BCUT2D eigenvalue weighted by atomic mass is 32.1. The van der Waals surface area contributed by atoms with E-state index >= 15 is 0 Å². The van der Waals surface area contributed by atoms with Crippen LogP contribution in [-0.4, -0.2) is 20.4 Å². The van der Waals surface area contributed by atoms with E-state index in [9.17, 15) is 4.79 Å². The second-order valence-corrected chi connectivity index (χ2v) is 7.97. The molecule has 6 nitrogen and oxygen atoms in total. The third kappa shape index (κ3) is 4.71. The first-order valence-corrected chi connectivity index (χ1v) is 10.8. The number of nitriles is 1. The molecule has 0 aliphatic heterocycles. The van der Waals surface area contributed by atoms with Crippen LogP contribution in [0.15, 0.2) is 66.4 Å². The van der Waals surface area contributed by atoms with E-state index in [4.69, 9.17) is 5.26 Å². The molecule has 31 heavy (non-hydrogen) atoms. The molecule has 4 aromatic rings. The summed E-state index contributed by atoms with van der Waals surface area (Å²) in [5, 5.41) is 15.7. The number of thiazole rings is 1. The van der Waals surface area contributed by atoms with Gasteiger partial charge in [-0.2, -0.15) is 5.26 Å². The van der Waals surface area contributed by atoms with Gasteiger partial charge in [0.2, 0.25) is 5.91 Å². The van der Waals surface area contributed by atoms with Crippen LogP contribution in [-0.2, 0) is 11.3 Å². The Bertz CT molecular complexity index is 1270. The second kappa shape index (κ2) is 9.37. The predicted octanol–water partition coefficient (Wildman–Crippen LogP) is 4.96. The molecule has 0 saturated carbocycles. The minimum absolute atomic E-state index is 0.181. The van der Waals surface area contributed by atoms with Crippen molar-refractivity contribution in [2.75, 3.05) is 0 Å². The van der Waals surface area contributed by atoms with Crippen molar-refractivity contribution in [2.45, 2.75) is 25.9 Å². The molecule has 0 aliphatic rings. The maximum Gasteiger partial charge on any atom is 0.244 e.